The maximum absolute atomic E-state index is 6.11. The van der Waals surface area contributed by atoms with Gasteiger partial charge in [-0.3, -0.25) is 0 Å². The summed E-state index contributed by atoms with van der Waals surface area (Å²) in [5.41, 5.74) is 1.10. The van der Waals surface area contributed by atoms with Crippen molar-refractivity contribution in [2.45, 2.75) is 18.8 Å². The van der Waals surface area contributed by atoms with Crippen molar-refractivity contribution in [2.24, 2.45) is 5.92 Å². The Morgan fingerprint density at radius 3 is 2.74 bits per heavy atom. The highest BCUT2D eigenvalue weighted by Crippen LogP contribution is 2.34. The largest absolute Gasteiger partial charge is 0.343 e. The number of hydrogen-bond acceptors (Lipinski definition) is 4. The first kappa shape index (κ1) is 13.4. The van der Waals surface area contributed by atoms with Crippen LogP contribution in [0.25, 0.3) is 0 Å². The lowest BCUT2D eigenvalue weighted by atomic mass is 10.1. The van der Waals surface area contributed by atoms with Crippen LogP contribution in [-0.2, 0) is 15.3 Å². The fourth-order valence-corrected chi connectivity index (χ4v) is 3.58. The Bertz CT molecular complexity index is 410. The van der Waals surface area contributed by atoms with Crippen LogP contribution < -0.4 is 5.32 Å². The second-order valence-electron chi connectivity index (χ2n) is 5.42. The van der Waals surface area contributed by atoms with Gasteiger partial charge in [0.15, 0.2) is 5.79 Å². The summed E-state index contributed by atoms with van der Waals surface area (Å²) in [4.78, 5) is 0. The average molecular weight is 279 g/mol. The van der Waals surface area contributed by atoms with Crippen molar-refractivity contribution < 1.29 is 9.47 Å². The second-order valence-corrected chi connectivity index (χ2v) is 6.50. The van der Waals surface area contributed by atoms with Crippen LogP contribution >= 0.6 is 11.8 Å². The third kappa shape index (κ3) is 3.14. The molecule has 3 nitrogen and oxygen atoms in total. The average Bonchev–Trinajstić information content (AvgIpc) is 2.77. The van der Waals surface area contributed by atoms with E-state index in [2.05, 4.69) is 17.4 Å². The SMILES string of the molecule is CC1(c2ccccc2)OCC(CSCC2CNC2)O1. The van der Waals surface area contributed by atoms with Gasteiger partial charge in [0, 0.05) is 11.3 Å². The van der Waals surface area contributed by atoms with Crippen LogP contribution in [0.5, 0.6) is 0 Å². The molecule has 2 aliphatic rings. The molecule has 2 aliphatic heterocycles. The molecule has 4 heteroatoms. The van der Waals surface area contributed by atoms with Crippen molar-refractivity contribution in [3.8, 4) is 0 Å². The lowest BCUT2D eigenvalue weighted by molar-refractivity contribution is -0.159. The number of ether oxygens (including phenoxy) is 2. The Balaban J connectivity index is 1.49. The predicted octanol–water partition coefficient (Wildman–Crippen LogP) is 2.23. The molecule has 0 amide bonds. The molecule has 2 fully saturated rings. The molecule has 3 rings (SSSR count). The van der Waals surface area contributed by atoms with Crippen LogP contribution in [0.1, 0.15) is 12.5 Å². The first-order valence-corrected chi connectivity index (χ1v) is 8.07. The Kier molecular flexibility index (Phi) is 4.12. The molecule has 1 N–H and O–H groups in total. The highest BCUT2D eigenvalue weighted by atomic mass is 32.2. The molecule has 0 radical (unpaired) electrons. The van der Waals surface area contributed by atoms with Crippen molar-refractivity contribution in [3.63, 3.8) is 0 Å². The first-order chi connectivity index (χ1) is 9.26. The molecule has 19 heavy (non-hydrogen) atoms. The van der Waals surface area contributed by atoms with Crippen LogP contribution in [0, 0.1) is 5.92 Å². The molecular formula is C15H21NO2S. The number of nitrogens with one attached hydrogen (secondary N) is 1. The van der Waals surface area contributed by atoms with Gasteiger partial charge in [0.25, 0.3) is 0 Å². The monoisotopic (exact) mass is 279 g/mol. The van der Waals surface area contributed by atoms with Gasteiger partial charge in [-0.25, -0.2) is 0 Å². The molecule has 2 unspecified atom stereocenters. The van der Waals surface area contributed by atoms with E-state index >= 15 is 0 Å². The predicted molar refractivity (Wildman–Crippen MR) is 78.3 cm³/mol. The molecule has 2 heterocycles. The van der Waals surface area contributed by atoms with Gasteiger partial charge < -0.3 is 14.8 Å². The van der Waals surface area contributed by atoms with Gasteiger partial charge in [-0.1, -0.05) is 30.3 Å². The quantitative estimate of drug-likeness (QED) is 0.895. The molecule has 2 saturated heterocycles. The first-order valence-electron chi connectivity index (χ1n) is 6.92. The van der Waals surface area contributed by atoms with E-state index in [4.69, 9.17) is 9.47 Å². The van der Waals surface area contributed by atoms with Gasteiger partial charge in [-0.15, -0.1) is 0 Å². The van der Waals surface area contributed by atoms with E-state index in [1.54, 1.807) is 0 Å². The minimum absolute atomic E-state index is 0.211. The van der Waals surface area contributed by atoms with Crippen LogP contribution in [-0.4, -0.2) is 37.3 Å². The van der Waals surface area contributed by atoms with Crippen molar-refractivity contribution in [2.75, 3.05) is 31.2 Å². The summed E-state index contributed by atoms with van der Waals surface area (Å²) < 4.78 is 12.0. The van der Waals surface area contributed by atoms with Crippen molar-refractivity contribution in [3.05, 3.63) is 35.9 Å². The molecule has 0 spiro atoms. The Morgan fingerprint density at radius 2 is 2.05 bits per heavy atom. The zero-order valence-corrected chi connectivity index (χ0v) is 12.1. The Hall–Kier alpha value is -0.550. The summed E-state index contributed by atoms with van der Waals surface area (Å²) >= 11 is 1.99. The standard InChI is InChI=1S/C15H21NO2S/c1-15(13-5-3-2-4-6-13)17-9-14(18-15)11-19-10-12-7-16-8-12/h2-6,12,14,16H,7-11H2,1H3. The van der Waals surface area contributed by atoms with E-state index < -0.39 is 5.79 Å². The van der Waals surface area contributed by atoms with Gasteiger partial charge >= 0.3 is 0 Å². The molecule has 0 saturated carbocycles. The van der Waals surface area contributed by atoms with Gasteiger partial charge in [0.1, 0.15) is 0 Å². The minimum atomic E-state index is -0.565. The maximum Gasteiger partial charge on any atom is 0.192 e. The number of rotatable bonds is 5. The number of thioether (sulfide) groups is 1. The van der Waals surface area contributed by atoms with Crippen LogP contribution in [0.15, 0.2) is 30.3 Å². The normalized spacial score (nSPS) is 31.3. The fraction of sp³-hybridized carbons (Fsp3) is 0.600. The lowest BCUT2D eigenvalue weighted by Crippen LogP contribution is -2.43. The fourth-order valence-electron chi connectivity index (χ4n) is 2.44. The third-order valence-corrected chi connectivity index (χ3v) is 5.07. The lowest BCUT2D eigenvalue weighted by Gasteiger charge is -2.27. The summed E-state index contributed by atoms with van der Waals surface area (Å²) in [5, 5.41) is 3.30. The van der Waals surface area contributed by atoms with Gasteiger partial charge in [-0.05, 0) is 31.7 Å². The third-order valence-electron chi connectivity index (χ3n) is 3.76. The summed E-state index contributed by atoms with van der Waals surface area (Å²) in [6, 6.07) is 10.2. The maximum atomic E-state index is 6.11. The second kappa shape index (κ2) is 5.83. The van der Waals surface area contributed by atoms with E-state index in [9.17, 15) is 0 Å². The van der Waals surface area contributed by atoms with E-state index in [0.29, 0.717) is 6.61 Å². The van der Waals surface area contributed by atoms with Crippen molar-refractivity contribution in [1.82, 2.24) is 5.32 Å². The summed E-state index contributed by atoms with van der Waals surface area (Å²) in [6.45, 7) is 5.07. The minimum Gasteiger partial charge on any atom is -0.343 e. The topological polar surface area (TPSA) is 30.5 Å². The molecule has 1 aromatic carbocycles. The van der Waals surface area contributed by atoms with Gasteiger partial charge in [-0.2, -0.15) is 11.8 Å². The number of hydrogen-bond donors (Lipinski definition) is 1. The molecule has 0 bridgehead atoms. The summed E-state index contributed by atoms with van der Waals surface area (Å²) in [5.74, 6) is 2.55. The highest BCUT2D eigenvalue weighted by Gasteiger charge is 2.38. The number of benzene rings is 1. The zero-order valence-electron chi connectivity index (χ0n) is 11.3. The van der Waals surface area contributed by atoms with Crippen molar-refractivity contribution >= 4 is 11.8 Å². The summed E-state index contributed by atoms with van der Waals surface area (Å²) in [7, 11) is 0. The van der Waals surface area contributed by atoms with Crippen LogP contribution in [0.2, 0.25) is 0 Å². The molecule has 2 atom stereocenters. The zero-order chi connectivity index (χ0) is 13.1. The summed E-state index contributed by atoms with van der Waals surface area (Å²) in [6.07, 6.45) is 0.211. The van der Waals surface area contributed by atoms with Crippen molar-refractivity contribution in [1.29, 1.82) is 0 Å². The molecule has 0 aliphatic carbocycles. The van der Waals surface area contributed by atoms with E-state index in [1.807, 2.05) is 36.9 Å². The molecule has 104 valence electrons. The van der Waals surface area contributed by atoms with Crippen LogP contribution in [0.4, 0.5) is 0 Å². The smallest absolute Gasteiger partial charge is 0.192 e. The molecule has 1 aromatic rings. The molecular weight excluding hydrogens is 258 g/mol. The highest BCUT2D eigenvalue weighted by molar-refractivity contribution is 7.99. The van der Waals surface area contributed by atoms with Gasteiger partial charge in [0.2, 0.25) is 0 Å². The van der Waals surface area contributed by atoms with E-state index in [-0.39, 0.29) is 6.10 Å². The molecule has 0 aromatic heterocycles. The van der Waals surface area contributed by atoms with E-state index in [1.165, 1.54) is 18.8 Å². The van der Waals surface area contributed by atoms with E-state index in [0.717, 1.165) is 17.2 Å². The van der Waals surface area contributed by atoms with Crippen LogP contribution in [0.3, 0.4) is 0 Å². The van der Waals surface area contributed by atoms with Gasteiger partial charge in [0.05, 0.1) is 12.7 Å². The Labute approximate surface area is 119 Å². The Morgan fingerprint density at radius 1 is 1.26 bits per heavy atom.